The summed E-state index contributed by atoms with van der Waals surface area (Å²) in [5.41, 5.74) is 8.25. The highest BCUT2D eigenvalue weighted by molar-refractivity contribution is 5.80. The topological polar surface area (TPSA) is 46.3 Å². The van der Waals surface area contributed by atoms with Gasteiger partial charge >= 0.3 is 0 Å². The van der Waals surface area contributed by atoms with E-state index in [1.807, 2.05) is 4.90 Å². The number of hydrogen-bond donors (Lipinski definition) is 1. The molecule has 0 radical (unpaired) electrons. The maximum Gasteiger partial charge on any atom is 0.227 e. The molecule has 2 rings (SSSR count). The molecule has 1 aromatic rings. The Kier molecular flexibility index (Phi) is 3.95. The number of aryl methyl sites for hydroxylation is 1. The van der Waals surface area contributed by atoms with Crippen LogP contribution >= 0.6 is 0 Å². The second-order valence-corrected chi connectivity index (χ2v) is 6.13. The molecule has 104 valence electrons. The Bertz CT molecular complexity index is 450. The molecule has 1 amide bonds. The molecule has 3 heteroatoms. The standard InChI is InChI=1S/C16H24N2O/c1-4-12-5-7-13(8-6-12)9-15(19)18-11-14(17)10-16(18,2)3/h5-8,14H,4,9-11,17H2,1-3H3. The van der Waals surface area contributed by atoms with Crippen molar-refractivity contribution >= 4 is 5.91 Å². The van der Waals surface area contributed by atoms with E-state index in [-0.39, 0.29) is 17.5 Å². The second-order valence-electron chi connectivity index (χ2n) is 6.13. The molecule has 0 bridgehead atoms. The summed E-state index contributed by atoms with van der Waals surface area (Å²) in [6, 6.07) is 8.42. The van der Waals surface area contributed by atoms with Crippen LogP contribution in [0, 0.1) is 0 Å². The van der Waals surface area contributed by atoms with Crippen molar-refractivity contribution in [3.05, 3.63) is 35.4 Å². The molecule has 0 saturated carbocycles. The lowest BCUT2D eigenvalue weighted by atomic mass is 10.00. The van der Waals surface area contributed by atoms with Gasteiger partial charge in [0.05, 0.1) is 6.42 Å². The van der Waals surface area contributed by atoms with Gasteiger partial charge in [0.1, 0.15) is 0 Å². The van der Waals surface area contributed by atoms with Crippen molar-refractivity contribution in [1.29, 1.82) is 0 Å². The normalized spacial score (nSPS) is 21.7. The van der Waals surface area contributed by atoms with E-state index < -0.39 is 0 Å². The molecule has 1 aliphatic heterocycles. The number of hydrogen-bond acceptors (Lipinski definition) is 2. The van der Waals surface area contributed by atoms with Crippen LogP contribution in [0.4, 0.5) is 0 Å². The van der Waals surface area contributed by atoms with Crippen molar-refractivity contribution in [3.8, 4) is 0 Å². The molecular formula is C16H24N2O. The lowest BCUT2D eigenvalue weighted by Crippen LogP contribution is -2.43. The first kappa shape index (κ1) is 14.1. The SMILES string of the molecule is CCc1ccc(CC(=O)N2CC(N)CC2(C)C)cc1. The van der Waals surface area contributed by atoms with Crippen LogP contribution in [-0.4, -0.2) is 28.9 Å². The first-order chi connectivity index (χ1) is 8.92. The van der Waals surface area contributed by atoms with Crippen LogP contribution in [0.25, 0.3) is 0 Å². The number of nitrogens with two attached hydrogens (primary N) is 1. The highest BCUT2D eigenvalue weighted by Gasteiger charge is 2.39. The van der Waals surface area contributed by atoms with Gasteiger partial charge in [-0.05, 0) is 37.8 Å². The number of carbonyl (C=O) groups excluding carboxylic acids is 1. The first-order valence-corrected chi connectivity index (χ1v) is 7.06. The Hall–Kier alpha value is -1.35. The molecule has 1 aliphatic rings. The predicted molar refractivity (Wildman–Crippen MR) is 77.9 cm³/mol. The lowest BCUT2D eigenvalue weighted by molar-refractivity contribution is -0.133. The summed E-state index contributed by atoms with van der Waals surface area (Å²) in [6.07, 6.45) is 2.38. The van der Waals surface area contributed by atoms with Crippen LogP contribution in [0.1, 0.15) is 38.3 Å². The number of amides is 1. The van der Waals surface area contributed by atoms with E-state index >= 15 is 0 Å². The van der Waals surface area contributed by atoms with Gasteiger partial charge in [-0.2, -0.15) is 0 Å². The van der Waals surface area contributed by atoms with Gasteiger partial charge in [-0.25, -0.2) is 0 Å². The van der Waals surface area contributed by atoms with Gasteiger partial charge < -0.3 is 10.6 Å². The van der Waals surface area contributed by atoms with Crippen LogP contribution in [0.15, 0.2) is 24.3 Å². The highest BCUT2D eigenvalue weighted by atomic mass is 16.2. The Labute approximate surface area is 115 Å². The van der Waals surface area contributed by atoms with Crippen LogP contribution in [0.2, 0.25) is 0 Å². The summed E-state index contributed by atoms with van der Waals surface area (Å²) in [5.74, 6) is 0.183. The summed E-state index contributed by atoms with van der Waals surface area (Å²) < 4.78 is 0. The van der Waals surface area contributed by atoms with E-state index in [0.29, 0.717) is 13.0 Å². The number of likely N-dealkylation sites (tertiary alicyclic amines) is 1. The summed E-state index contributed by atoms with van der Waals surface area (Å²) in [5, 5.41) is 0. The van der Waals surface area contributed by atoms with Crippen molar-refractivity contribution in [1.82, 2.24) is 4.90 Å². The number of benzene rings is 1. The minimum atomic E-state index is -0.111. The fourth-order valence-electron chi connectivity index (χ4n) is 2.90. The molecule has 19 heavy (non-hydrogen) atoms. The Morgan fingerprint density at radius 2 is 1.89 bits per heavy atom. The van der Waals surface area contributed by atoms with Crippen molar-refractivity contribution < 1.29 is 4.79 Å². The maximum absolute atomic E-state index is 12.4. The van der Waals surface area contributed by atoms with Gasteiger partial charge in [0, 0.05) is 18.1 Å². The van der Waals surface area contributed by atoms with Gasteiger partial charge in [-0.3, -0.25) is 4.79 Å². The monoisotopic (exact) mass is 260 g/mol. The maximum atomic E-state index is 12.4. The van der Waals surface area contributed by atoms with E-state index in [0.717, 1.165) is 18.4 Å². The fraction of sp³-hybridized carbons (Fsp3) is 0.562. The van der Waals surface area contributed by atoms with Crippen molar-refractivity contribution in [2.45, 2.75) is 51.6 Å². The summed E-state index contributed by atoms with van der Waals surface area (Å²) in [4.78, 5) is 14.3. The Morgan fingerprint density at radius 3 is 2.37 bits per heavy atom. The smallest absolute Gasteiger partial charge is 0.227 e. The summed E-state index contributed by atoms with van der Waals surface area (Å²) in [6.45, 7) is 7.00. The summed E-state index contributed by atoms with van der Waals surface area (Å²) >= 11 is 0. The molecule has 1 atom stereocenters. The molecule has 1 heterocycles. The molecule has 1 aromatic carbocycles. The van der Waals surface area contributed by atoms with E-state index in [1.165, 1.54) is 5.56 Å². The van der Waals surface area contributed by atoms with Crippen LogP contribution in [0.3, 0.4) is 0 Å². The van der Waals surface area contributed by atoms with Crippen LogP contribution in [0.5, 0.6) is 0 Å². The Balaban J connectivity index is 2.04. The number of carbonyl (C=O) groups is 1. The number of nitrogens with zero attached hydrogens (tertiary/aromatic N) is 1. The molecule has 1 saturated heterocycles. The third-order valence-corrected chi connectivity index (χ3v) is 4.00. The van der Waals surface area contributed by atoms with Crippen LogP contribution in [-0.2, 0) is 17.6 Å². The third-order valence-electron chi connectivity index (χ3n) is 4.00. The largest absolute Gasteiger partial charge is 0.336 e. The lowest BCUT2D eigenvalue weighted by Gasteiger charge is -2.31. The average Bonchev–Trinajstić information content (AvgIpc) is 2.63. The minimum absolute atomic E-state index is 0.111. The van der Waals surface area contributed by atoms with Gasteiger partial charge in [-0.1, -0.05) is 31.2 Å². The van der Waals surface area contributed by atoms with Gasteiger partial charge in [0.2, 0.25) is 5.91 Å². The first-order valence-electron chi connectivity index (χ1n) is 7.06. The molecule has 2 N–H and O–H groups in total. The predicted octanol–water partition coefficient (Wildman–Crippen LogP) is 2.13. The zero-order chi connectivity index (χ0) is 14.0. The highest BCUT2D eigenvalue weighted by Crippen LogP contribution is 2.28. The molecule has 1 unspecified atom stereocenters. The van der Waals surface area contributed by atoms with Crippen molar-refractivity contribution in [2.75, 3.05) is 6.54 Å². The quantitative estimate of drug-likeness (QED) is 0.905. The number of rotatable bonds is 3. The molecule has 1 fully saturated rings. The molecule has 3 nitrogen and oxygen atoms in total. The average molecular weight is 260 g/mol. The van der Waals surface area contributed by atoms with E-state index in [1.54, 1.807) is 0 Å². The van der Waals surface area contributed by atoms with Crippen molar-refractivity contribution in [2.24, 2.45) is 5.73 Å². The third kappa shape index (κ3) is 3.16. The zero-order valence-electron chi connectivity index (χ0n) is 12.1. The van der Waals surface area contributed by atoms with Gasteiger partial charge in [-0.15, -0.1) is 0 Å². The molecule has 0 aromatic heterocycles. The van der Waals surface area contributed by atoms with Crippen molar-refractivity contribution in [3.63, 3.8) is 0 Å². The summed E-state index contributed by atoms with van der Waals surface area (Å²) in [7, 11) is 0. The molecular weight excluding hydrogens is 236 g/mol. The van der Waals surface area contributed by atoms with E-state index in [9.17, 15) is 4.79 Å². The van der Waals surface area contributed by atoms with E-state index in [4.69, 9.17) is 5.73 Å². The fourth-order valence-corrected chi connectivity index (χ4v) is 2.90. The van der Waals surface area contributed by atoms with Gasteiger partial charge in [0.15, 0.2) is 0 Å². The minimum Gasteiger partial charge on any atom is -0.336 e. The molecule has 0 aliphatic carbocycles. The zero-order valence-corrected chi connectivity index (χ0v) is 12.1. The van der Waals surface area contributed by atoms with Crippen LogP contribution < -0.4 is 5.73 Å². The van der Waals surface area contributed by atoms with Gasteiger partial charge in [0.25, 0.3) is 0 Å². The molecule has 0 spiro atoms. The Morgan fingerprint density at radius 1 is 1.32 bits per heavy atom. The van der Waals surface area contributed by atoms with E-state index in [2.05, 4.69) is 45.0 Å². The second kappa shape index (κ2) is 5.33.